The fourth-order valence-corrected chi connectivity index (χ4v) is 1.31. The third-order valence-electron chi connectivity index (χ3n) is 2.32. The third kappa shape index (κ3) is 3.37. The molecule has 1 aromatic rings. The van der Waals surface area contributed by atoms with Crippen LogP contribution in [0.2, 0.25) is 0 Å². The molecule has 2 rings (SSSR count). The molecule has 0 saturated carbocycles. The van der Waals surface area contributed by atoms with Gasteiger partial charge in [0.2, 0.25) is 0 Å². The van der Waals surface area contributed by atoms with E-state index in [1.807, 2.05) is 6.92 Å². The van der Waals surface area contributed by atoms with Crippen LogP contribution in [0.5, 0.6) is 0 Å². The van der Waals surface area contributed by atoms with E-state index in [1.54, 1.807) is 6.20 Å². The van der Waals surface area contributed by atoms with Crippen molar-refractivity contribution in [2.24, 2.45) is 0 Å². The number of carbonyl (C=O) groups is 1. The van der Waals surface area contributed by atoms with E-state index in [0.29, 0.717) is 5.69 Å². The number of nitrogens with one attached hydrogen (secondary N) is 3. The van der Waals surface area contributed by atoms with Crippen molar-refractivity contribution in [2.75, 3.05) is 13.1 Å². The number of rotatable bonds is 3. The number of hydrogen-bond acceptors (Lipinski definition) is 3. The number of imidazole rings is 1. The Kier molecular flexibility index (Phi) is 6.40. The van der Waals surface area contributed by atoms with Crippen molar-refractivity contribution in [3.8, 4) is 0 Å². The molecule has 3 N–H and O–H groups in total. The number of nitrogens with zero attached hydrogens (tertiary/aromatic N) is 1. The van der Waals surface area contributed by atoms with E-state index >= 15 is 0 Å². The van der Waals surface area contributed by atoms with Crippen molar-refractivity contribution in [1.29, 1.82) is 0 Å². The molecule has 7 heteroatoms. The van der Waals surface area contributed by atoms with Gasteiger partial charge in [0.25, 0.3) is 5.91 Å². The lowest BCUT2D eigenvalue weighted by Gasteiger charge is -2.27. The molecular weight excluding hydrogens is 251 g/mol. The van der Waals surface area contributed by atoms with Gasteiger partial charge in [-0.1, -0.05) is 6.92 Å². The largest absolute Gasteiger partial charge is 0.345 e. The summed E-state index contributed by atoms with van der Waals surface area (Å²) in [6.07, 6.45) is 2.40. The van der Waals surface area contributed by atoms with Crippen LogP contribution in [0.25, 0.3) is 0 Å². The minimum absolute atomic E-state index is 0. The number of hydrogen-bond donors (Lipinski definition) is 3. The maximum absolute atomic E-state index is 11.6. The van der Waals surface area contributed by atoms with Crippen LogP contribution in [-0.2, 0) is 6.42 Å². The normalized spacial score (nSPS) is 14.3. The summed E-state index contributed by atoms with van der Waals surface area (Å²) in [5.41, 5.74) is 0.550. The minimum atomic E-state index is -0.0660. The summed E-state index contributed by atoms with van der Waals surface area (Å²) in [4.78, 5) is 18.6. The van der Waals surface area contributed by atoms with Gasteiger partial charge in [-0.3, -0.25) is 4.79 Å². The van der Waals surface area contributed by atoms with E-state index in [9.17, 15) is 4.79 Å². The molecule has 1 amide bonds. The van der Waals surface area contributed by atoms with E-state index in [0.717, 1.165) is 25.3 Å². The van der Waals surface area contributed by atoms with Crippen molar-refractivity contribution in [1.82, 2.24) is 20.6 Å². The van der Waals surface area contributed by atoms with Crippen LogP contribution in [0, 0.1) is 0 Å². The maximum atomic E-state index is 11.6. The van der Waals surface area contributed by atoms with Crippen LogP contribution in [0.3, 0.4) is 0 Å². The van der Waals surface area contributed by atoms with Gasteiger partial charge in [-0.25, -0.2) is 4.98 Å². The first-order valence-electron chi connectivity index (χ1n) is 4.85. The number of aryl methyl sites for hydroxylation is 1. The molecule has 16 heavy (non-hydrogen) atoms. The van der Waals surface area contributed by atoms with Crippen LogP contribution in [-0.4, -0.2) is 35.0 Å². The van der Waals surface area contributed by atoms with E-state index in [4.69, 9.17) is 0 Å². The minimum Gasteiger partial charge on any atom is -0.345 e. The van der Waals surface area contributed by atoms with Crippen LogP contribution in [0.15, 0.2) is 6.20 Å². The highest BCUT2D eigenvalue weighted by molar-refractivity contribution is 5.92. The van der Waals surface area contributed by atoms with Crippen molar-refractivity contribution in [3.63, 3.8) is 0 Å². The van der Waals surface area contributed by atoms with Gasteiger partial charge >= 0.3 is 0 Å². The topological polar surface area (TPSA) is 69.8 Å². The Morgan fingerprint density at radius 3 is 2.69 bits per heavy atom. The van der Waals surface area contributed by atoms with Crippen molar-refractivity contribution in [3.05, 3.63) is 17.7 Å². The fraction of sp³-hybridized carbons (Fsp3) is 0.556. The Morgan fingerprint density at radius 2 is 2.25 bits per heavy atom. The van der Waals surface area contributed by atoms with Crippen LogP contribution in [0.4, 0.5) is 0 Å². The summed E-state index contributed by atoms with van der Waals surface area (Å²) in [5, 5.41) is 5.99. The number of halogens is 2. The van der Waals surface area contributed by atoms with Crippen molar-refractivity contribution >= 4 is 30.7 Å². The molecule has 1 aromatic heterocycles. The molecule has 1 saturated heterocycles. The van der Waals surface area contributed by atoms with Gasteiger partial charge in [0, 0.05) is 19.5 Å². The molecular formula is C9H16Cl2N4O. The summed E-state index contributed by atoms with van der Waals surface area (Å²) in [6, 6.07) is 0.274. The van der Waals surface area contributed by atoms with E-state index in [2.05, 4.69) is 20.6 Å². The molecule has 0 spiro atoms. The number of H-pyrrole nitrogens is 1. The average Bonchev–Trinajstić information content (AvgIpc) is 2.59. The zero-order valence-corrected chi connectivity index (χ0v) is 10.6. The summed E-state index contributed by atoms with van der Waals surface area (Å²) >= 11 is 0. The molecule has 2 heterocycles. The lowest BCUT2D eigenvalue weighted by atomic mass is 10.2. The molecule has 0 bridgehead atoms. The van der Waals surface area contributed by atoms with Gasteiger partial charge in [0.15, 0.2) is 0 Å². The van der Waals surface area contributed by atoms with Gasteiger partial charge < -0.3 is 15.6 Å². The smallest absolute Gasteiger partial charge is 0.269 e. The number of carbonyl (C=O) groups excluding carboxylic acids is 1. The predicted octanol–water partition coefficient (Wildman–Crippen LogP) is 0.517. The average molecular weight is 267 g/mol. The van der Waals surface area contributed by atoms with Crippen molar-refractivity contribution < 1.29 is 4.79 Å². The number of amides is 1. The summed E-state index contributed by atoms with van der Waals surface area (Å²) in [6.45, 7) is 3.72. The van der Waals surface area contributed by atoms with Crippen LogP contribution in [0.1, 0.15) is 23.2 Å². The first kappa shape index (κ1) is 15.2. The lowest BCUT2D eigenvalue weighted by molar-refractivity contribution is 0.0919. The summed E-state index contributed by atoms with van der Waals surface area (Å²) in [7, 11) is 0. The van der Waals surface area contributed by atoms with E-state index < -0.39 is 0 Å². The first-order chi connectivity index (χ1) is 6.79. The molecule has 1 aliphatic rings. The van der Waals surface area contributed by atoms with Gasteiger partial charge in [-0.15, -0.1) is 24.8 Å². The highest BCUT2D eigenvalue weighted by Gasteiger charge is 2.20. The standard InChI is InChI=1S/C9H14N4O.2ClH/c1-2-8-11-5-7(13-8)9(14)12-6-3-10-4-6;;/h5-6,10H,2-4H2,1H3,(H,11,13)(H,12,14);2*1H. The predicted molar refractivity (Wildman–Crippen MR) is 66.6 cm³/mol. The monoisotopic (exact) mass is 266 g/mol. The SMILES string of the molecule is CCc1ncc(C(=O)NC2CNC2)[nH]1.Cl.Cl. The van der Waals surface area contributed by atoms with Gasteiger partial charge in [-0.05, 0) is 0 Å². The quantitative estimate of drug-likeness (QED) is 0.747. The van der Waals surface area contributed by atoms with Crippen LogP contribution < -0.4 is 10.6 Å². The fourth-order valence-electron chi connectivity index (χ4n) is 1.31. The summed E-state index contributed by atoms with van der Waals surface area (Å²) in [5.74, 6) is 0.783. The Morgan fingerprint density at radius 1 is 1.56 bits per heavy atom. The highest BCUT2D eigenvalue weighted by Crippen LogP contribution is 1.99. The van der Waals surface area contributed by atoms with Crippen molar-refractivity contribution in [2.45, 2.75) is 19.4 Å². The molecule has 0 atom stereocenters. The molecule has 5 nitrogen and oxygen atoms in total. The second-order valence-electron chi connectivity index (χ2n) is 3.43. The maximum Gasteiger partial charge on any atom is 0.269 e. The Balaban J connectivity index is 0.00000112. The number of aromatic nitrogens is 2. The van der Waals surface area contributed by atoms with Gasteiger partial charge in [0.1, 0.15) is 11.5 Å². The number of aromatic amines is 1. The van der Waals surface area contributed by atoms with Crippen LogP contribution >= 0.6 is 24.8 Å². The second-order valence-corrected chi connectivity index (χ2v) is 3.43. The van der Waals surface area contributed by atoms with E-state index in [1.165, 1.54) is 0 Å². The lowest BCUT2D eigenvalue weighted by Crippen LogP contribution is -2.56. The van der Waals surface area contributed by atoms with E-state index in [-0.39, 0.29) is 36.8 Å². The first-order valence-corrected chi connectivity index (χ1v) is 4.85. The molecule has 0 aliphatic carbocycles. The molecule has 0 unspecified atom stereocenters. The van der Waals surface area contributed by atoms with Gasteiger partial charge in [-0.2, -0.15) is 0 Å². The molecule has 0 radical (unpaired) electrons. The molecule has 1 fully saturated rings. The zero-order valence-electron chi connectivity index (χ0n) is 8.95. The second kappa shape index (κ2) is 6.73. The summed E-state index contributed by atoms with van der Waals surface area (Å²) < 4.78 is 0. The Bertz CT molecular complexity index is 338. The molecule has 92 valence electrons. The van der Waals surface area contributed by atoms with Gasteiger partial charge in [0.05, 0.1) is 12.2 Å². The molecule has 0 aromatic carbocycles. The Hall–Kier alpha value is -0.780. The third-order valence-corrected chi connectivity index (χ3v) is 2.32. The zero-order chi connectivity index (χ0) is 9.97. The highest BCUT2D eigenvalue weighted by atomic mass is 35.5. The Labute approximate surface area is 107 Å². The molecule has 1 aliphatic heterocycles.